The number of amides is 1. The monoisotopic (exact) mass is 941 g/mol. The number of phosphoric acid groups is 1. The van der Waals surface area contributed by atoms with Gasteiger partial charge in [0.1, 0.15) is 13.2 Å². The fourth-order valence-corrected chi connectivity index (χ4v) is 7.82. The van der Waals surface area contributed by atoms with Crippen LogP contribution in [0.1, 0.15) is 206 Å². The van der Waals surface area contributed by atoms with Crippen molar-refractivity contribution in [3.63, 3.8) is 0 Å². The maximum Gasteiger partial charge on any atom is 0.268 e. The number of carbonyl (C=O) groups excluding carboxylic acids is 1. The molecular weight excluding hydrogens is 840 g/mol. The lowest BCUT2D eigenvalue weighted by molar-refractivity contribution is -0.870. The fraction of sp³-hybridized carbons (Fsp3) is 0.702. The largest absolute Gasteiger partial charge is 0.756 e. The van der Waals surface area contributed by atoms with Crippen LogP contribution in [0, 0.1) is 0 Å². The topological polar surface area (TPSA) is 108 Å². The lowest BCUT2D eigenvalue weighted by Crippen LogP contribution is -2.45. The van der Waals surface area contributed by atoms with E-state index in [-0.39, 0.29) is 12.5 Å². The summed E-state index contributed by atoms with van der Waals surface area (Å²) in [7, 11) is 1.22. The highest BCUT2D eigenvalue weighted by Crippen LogP contribution is 2.38. The Morgan fingerprint density at radius 3 is 1.41 bits per heavy atom. The van der Waals surface area contributed by atoms with Crippen molar-refractivity contribution in [1.82, 2.24) is 5.32 Å². The van der Waals surface area contributed by atoms with Crippen LogP contribution in [-0.4, -0.2) is 68.5 Å². The first-order valence-corrected chi connectivity index (χ1v) is 28.1. The van der Waals surface area contributed by atoms with Crippen molar-refractivity contribution in [3.8, 4) is 0 Å². The molecule has 0 rings (SSSR count). The standard InChI is InChI=1S/C57H101N2O6P/c1-6-8-10-12-14-16-18-20-22-24-26-27-28-29-30-31-33-35-37-39-41-43-45-47-49-51-57(61)58-55(54-65-66(62,63)64-53-52-59(3,4)5)56(60)50-48-46-44-42-40-38-36-34-32-25-23-21-19-17-15-13-11-9-7-2/h8,10,14,16,20,22,26-27,29-30,32,34,40,42,48,50,55-56,60H,6-7,9,11-13,15,17-19,21,23-25,28,31,33,35-39,41,43-47,49,51-54H2,1-5H3,(H-,58,61,62,63)/b10-8-,16-14-,22-20-,27-26-,30-29-,34-32+,42-40+,50-48+. The molecule has 0 bridgehead atoms. The summed E-state index contributed by atoms with van der Waals surface area (Å²) >= 11 is 0. The summed E-state index contributed by atoms with van der Waals surface area (Å²) in [6.07, 6.45) is 67.5. The van der Waals surface area contributed by atoms with Crippen LogP contribution in [0.25, 0.3) is 0 Å². The highest BCUT2D eigenvalue weighted by atomic mass is 31.2. The Labute approximate surface area is 407 Å². The smallest absolute Gasteiger partial charge is 0.268 e. The predicted molar refractivity (Wildman–Crippen MR) is 283 cm³/mol. The molecule has 0 aromatic heterocycles. The zero-order valence-electron chi connectivity index (χ0n) is 43.1. The molecule has 0 aliphatic heterocycles. The molecule has 380 valence electrons. The van der Waals surface area contributed by atoms with E-state index in [0.29, 0.717) is 17.4 Å². The van der Waals surface area contributed by atoms with Crippen LogP contribution >= 0.6 is 7.82 Å². The molecule has 0 aliphatic carbocycles. The van der Waals surface area contributed by atoms with Gasteiger partial charge in [-0.25, -0.2) is 0 Å². The number of phosphoric ester groups is 1. The van der Waals surface area contributed by atoms with Gasteiger partial charge in [-0.3, -0.25) is 9.36 Å². The van der Waals surface area contributed by atoms with Crippen molar-refractivity contribution in [3.05, 3.63) is 97.2 Å². The van der Waals surface area contributed by atoms with E-state index in [1.54, 1.807) is 6.08 Å². The minimum Gasteiger partial charge on any atom is -0.756 e. The Kier molecular flexibility index (Phi) is 45.6. The van der Waals surface area contributed by atoms with E-state index in [4.69, 9.17) is 9.05 Å². The second-order valence-corrected chi connectivity index (χ2v) is 20.2. The molecule has 0 aromatic carbocycles. The molecular formula is C57H101N2O6P. The zero-order chi connectivity index (χ0) is 48.5. The Hall–Kier alpha value is -2.58. The summed E-state index contributed by atoms with van der Waals surface area (Å²) < 4.78 is 23.3. The van der Waals surface area contributed by atoms with E-state index in [2.05, 4.69) is 104 Å². The number of nitrogens with zero attached hydrogens (tertiary/aromatic N) is 1. The van der Waals surface area contributed by atoms with Gasteiger partial charge in [0.25, 0.3) is 7.82 Å². The third kappa shape index (κ3) is 49.3. The second-order valence-electron chi connectivity index (χ2n) is 18.8. The quantitative estimate of drug-likeness (QED) is 0.0272. The van der Waals surface area contributed by atoms with Crippen LogP contribution in [0.4, 0.5) is 0 Å². The van der Waals surface area contributed by atoms with Gasteiger partial charge in [-0.1, -0.05) is 207 Å². The number of aliphatic hydroxyl groups excluding tert-OH is 1. The molecule has 0 spiro atoms. The van der Waals surface area contributed by atoms with Crippen LogP contribution in [0.5, 0.6) is 0 Å². The normalized spacial score (nSPS) is 14.8. The van der Waals surface area contributed by atoms with E-state index in [1.165, 1.54) is 96.3 Å². The van der Waals surface area contributed by atoms with Crippen LogP contribution in [0.3, 0.4) is 0 Å². The fourth-order valence-electron chi connectivity index (χ4n) is 7.09. The summed E-state index contributed by atoms with van der Waals surface area (Å²) in [4.78, 5) is 25.4. The summed E-state index contributed by atoms with van der Waals surface area (Å²) in [5.41, 5.74) is 0. The number of allylic oxidation sites excluding steroid dienone is 15. The third-order valence-corrected chi connectivity index (χ3v) is 12.2. The molecule has 0 radical (unpaired) electrons. The van der Waals surface area contributed by atoms with E-state index in [0.717, 1.165) is 89.9 Å². The van der Waals surface area contributed by atoms with Crippen LogP contribution < -0.4 is 10.2 Å². The van der Waals surface area contributed by atoms with Crippen molar-refractivity contribution in [2.75, 3.05) is 40.9 Å². The predicted octanol–water partition coefficient (Wildman–Crippen LogP) is 15.2. The van der Waals surface area contributed by atoms with Gasteiger partial charge in [-0.2, -0.15) is 0 Å². The van der Waals surface area contributed by atoms with Gasteiger partial charge in [0, 0.05) is 6.42 Å². The van der Waals surface area contributed by atoms with Gasteiger partial charge in [-0.05, 0) is 89.9 Å². The highest BCUT2D eigenvalue weighted by Gasteiger charge is 2.23. The molecule has 0 aliphatic rings. The average Bonchev–Trinajstić information content (AvgIpc) is 3.28. The number of quaternary nitrogens is 1. The molecule has 9 heteroatoms. The van der Waals surface area contributed by atoms with Crippen LogP contribution in [0.15, 0.2) is 97.2 Å². The van der Waals surface area contributed by atoms with Gasteiger partial charge in [0.2, 0.25) is 5.91 Å². The second kappa shape index (κ2) is 47.5. The molecule has 1 amide bonds. The molecule has 66 heavy (non-hydrogen) atoms. The molecule has 3 atom stereocenters. The maximum absolute atomic E-state index is 12.9. The number of aliphatic hydroxyl groups is 1. The average molecular weight is 941 g/mol. The van der Waals surface area contributed by atoms with Crippen molar-refractivity contribution >= 4 is 13.7 Å². The van der Waals surface area contributed by atoms with Crippen molar-refractivity contribution in [2.45, 2.75) is 219 Å². The minimum absolute atomic E-state index is 0.0151. The van der Waals surface area contributed by atoms with Crippen LogP contribution in [-0.2, 0) is 18.4 Å². The molecule has 8 nitrogen and oxygen atoms in total. The van der Waals surface area contributed by atoms with Gasteiger partial charge in [0.15, 0.2) is 0 Å². The molecule has 3 unspecified atom stereocenters. The molecule has 0 heterocycles. The summed E-state index contributed by atoms with van der Waals surface area (Å²) in [6.45, 7) is 4.49. The van der Waals surface area contributed by atoms with Gasteiger partial charge >= 0.3 is 0 Å². The lowest BCUT2D eigenvalue weighted by Gasteiger charge is -2.29. The Balaban J connectivity index is 4.37. The zero-order valence-corrected chi connectivity index (χ0v) is 44.0. The number of carbonyl (C=O) groups is 1. The SMILES string of the molecule is CC/C=C\C/C=C\C/C=C\C/C=C\C/C=C\CCCCCCCCCCCC(=O)NC(COP(=O)([O-])OCC[N+](C)(C)C)C(O)/C=C/CC/C=C/CC/C=C/CCCCCCCCCCC. The van der Waals surface area contributed by atoms with E-state index < -0.39 is 26.6 Å². The number of rotatable bonds is 47. The van der Waals surface area contributed by atoms with Crippen molar-refractivity contribution in [2.24, 2.45) is 0 Å². The maximum atomic E-state index is 12.9. The van der Waals surface area contributed by atoms with E-state index in [9.17, 15) is 19.4 Å². The Morgan fingerprint density at radius 1 is 0.545 bits per heavy atom. The Bertz CT molecular complexity index is 1390. The minimum atomic E-state index is -4.61. The molecule has 0 fully saturated rings. The van der Waals surface area contributed by atoms with Gasteiger partial charge in [0.05, 0.1) is 39.9 Å². The summed E-state index contributed by atoms with van der Waals surface area (Å²) in [5, 5.41) is 13.8. The number of likely N-dealkylation sites (N-methyl/N-ethyl adjacent to an activating group) is 1. The highest BCUT2D eigenvalue weighted by molar-refractivity contribution is 7.45. The first-order chi connectivity index (χ1) is 32.0. The molecule has 0 aromatic rings. The van der Waals surface area contributed by atoms with E-state index >= 15 is 0 Å². The van der Waals surface area contributed by atoms with Crippen molar-refractivity contribution in [1.29, 1.82) is 0 Å². The molecule has 2 N–H and O–H groups in total. The van der Waals surface area contributed by atoms with E-state index in [1.807, 2.05) is 27.2 Å². The van der Waals surface area contributed by atoms with Crippen molar-refractivity contribution < 1.29 is 32.9 Å². The Morgan fingerprint density at radius 2 is 0.939 bits per heavy atom. The number of hydrogen-bond donors (Lipinski definition) is 2. The van der Waals surface area contributed by atoms with Gasteiger partial charge < -0.3 is 28.8 Å². The number of hydrogen-bond acceptors (Lipinski definition) is 6. The first kappa shape index (κ1) is 63.4. The number of nitrogens with one attached hydrogen (secondary N) is 1. The van der Waals surface area contributed by atoms with Crippen LogP contribution in [0.2, 0.25) is 0 Å². The first-order valence-electron chi connectivity index (χ1n) is 26.6. The summed E-state index contributed by atoms with van der Waals surface area (Å²) in [6, 6.07) is -0.920. The number of unbranched alkanes of at least 4 members (excludes halogenated alkanes) is 20. The lowest BCUT2D eigenvalue weighted by atomic mass is 10.1. The third-order valence-electron chi connectivity index (χ3n) is 11.3. The van der Waals surface area contributed by atoms with Gasteiger partial charge in [-0.15, -0.1) is 0 Å². The molecule has 0 saturated heterocycles. The summed E-state index contributed by atoms with van der Waals surface area (Å²) in [5.74, 6) is -0.222. The molecule has 0 saturated carbocycles.